The van der Waals surface area contributed by atoms with Gasteiger partial charge in [-0.25, -0.2) is 9.78 Å². The monoisotopic (exact) mass is 288 g/mol. The third-order valence-electron chi connectivity index (χ3n) is 4.19. The minimum atomic E-state index is -0.915. The predicted molar refractivity (Wildman–Crippen MR) is 79.7 cm³/mol. The van der Waals surface area contributed by atoms with E-state index in [1.165, 1.54) is 0 Å². The Morgan fingerprint density at radius 1 is 1.52 bits per heavy atom. The summed E-state index contributed by atoms with van der Waals surface area (Å²) in [6.45, 7) is 5.55. The number of nitrogens with zero attached hydrogens (tertiary/aromatic N) is 2. The molecule has 1 aromatic carbocycles. The molecular weight excluding hydrogens is 268 g/mol. The number of carbonyl (C=O) groups is 1. The summed E-state index contributed by atoms with van der Waals surface area (Å²) in [4.78, 5) is 16.1. The average molecular weight is 288 g/mol. The Hall–Kier alpha value is -1.88. The van der Waals surface area contributed by atoms with Crippen molar-refractivity contribution in [2.45, 2.75) is 45.3 Å². The molecule has 1 aliphatic heterocycles. The molecule has 2 heterocycles. The first-order chi connectivity index (χ1) is 10.0. The number of para-hydroxylation sites is 1. The smallest absolute Gasteiger partial charge is 0.337 e. The zero-order chi connectivity index (χ0) is 15.0. The summed E-state index contributed by atoms with van der Waals surface area (Å²) in [6, 6.07) is 5.26. The first kappa shape index (κ1) is 14.1. The summed E-state index contributed by atoms with van der Waals surface area (Å²) in [5.41, 5.74) is 1.52. The van der Waals surface area contributed by atoms with Crippen LogP contribution in [0.25, 0.3) is 11.0 Å². The molecule has 1 atom stereocenters. The number of aromatic nitrogens is 2. The maximum absolute atomic E-state index is 11.5. The SMILES string of the molecule is CCc1nc2cccc(C(=O)O)c2n1CC1(C)CCCO1. The van der Waals surface area contributed by atoms with E-state index in [0.29, 0.717) is 17.6 Å². The third kappa shape index (κ3) is 2.42. The topological polar surface area (TPSA) is 64.3 Å². The summed E-state index contributed by atoms with van der Waals surface area (Å²) >= 11 is 0. The van der Waals surface area contributed by atoms with Gasteiger partial charge in [0.05, 0.1) is 28.7 Å². The Labute approximate surface area is 123 Å². The predicted octanol–water partition coefficient (Wildman–Crippen LogP) is 2.87. The molecule has 2 aromatic rings. The van der Waals surface area contributed by atoms with Crippen LogP contribution in [0.1, 0.15) is 42.9 Å². The van der Waals surface area contributed by atoms with Crippen LogP contribution >= 0.6 is 0 Å². The molecule has 21 heavy (non-hydrogen) atoms. The summed E-state index contributed by atoms with van der Waals surface area (Å²) in [7, 11) is 0. The van der Waals surface area contributed by atoms with Crippen molar-refractivity contribution in [3.63, 3.8) is 0 Å². The number of carboxylic acids is 1. The van der Waals surface area contributed by atoms with Crippen molar-refractivity contribution in [3.05, 3.63) is 29.6 Å². The molecule has 0 radical (unpaired) electrons. The standard InChI is InChI=1S/C16H20N2O3/c1-3-13-17-12-7-4-6-11(15(19)20)14(12)18(13)10-16(2)8-5-9-21-16/h4,6-7H,3,5,8-10H2,1-2H3,(H,19,20). The number of carboxylic acid groups (broad SMARTS) is 1. The summed E-state index contributed by atoms with van der Waals surface area (Å²) < 4.78 is 7.90. The molecule has 1 unspecified atom stereocenters. The van der Waals surface area contributed by atoms with Gasteiger partial charge < -0.3 is 14.4 Å². The van der Waals surface area contributed by atoms with Crippen LogP contribution in [0.15, 0.2) is 18.2 Å². The average Bonchev–Trinajstić information content (AvgIpc) is 3.03. The van der Waals surface area contributed by atoms with Crippen molar-refractivity contribution in [1.82, 2.24) is 9.55 Å². The number of aryl methyl sites for hydroxylation is 1. The maximum atomic E-state index is 11.5. The number of ether oxygens (including phenoxy) is 1. The molecule has 0 aliphatic carbocycles. The van der Waals surface area contributed by atoms with Crippen molar-refractivity contribution in [2.24, 2.45) is 0 Å². The third-order valence-corrected chi connectivity index (χ3v) is 4.19. The Morgan fingerprint density at radius 3 is 2.95 bits per heavy atom. The molecule has 0 saturated carbocycles. The fraction of sp³-hybridized carbons (Fsp3) is 0.500. The van der Waals surface area contributed by atoms with Gasteiger partial charge in [0.1, 0.15) is 5.82 Å². The van der Waals surface area contributed by atoms with Gasteiger partial charge in [0.25, 0.3) is 0 Å². The Morgan fingerprint density at radius 2 is 2.33 bits per heavy atom. The summed E-state index contributed by atoms with van der Waals surface area (Å²) in [5, 5.41) is 9.44. The van der Waals surface area contributed by atoms with Gasteiger partial charge in [-0.15, -0.1) is 0 Å². The molecule has 5 nitrogen and oxygen atoms in total. The number of benzene rings is 1. The highest BCUT2D eigenvalue weighted by molar-refractivity contribution is 6.01. The van der Waals surface area contributed by atoms with Crippen molar-refractivity contribution < 1.29 is 14.6 Å². The van der Waals surface area contributed by atoms with E-state index in [1.807, 2.05) is 17.6 Å². The van der Waals surface area contributed by atoms with Gasteiger partial charge in [0.15, 0.2) is 0 Å². The number of rotatable bonds is 4. The van der Waals surface area contributed by atoms with Crippen LogP contribution in [-0.2, 0) is 17.7 Å². The molecule has 0 amide bonds. The van der Waals surface area contributed by atoms with Gasteiger partial charge in [-0.05, 0) is 31.9 Å². The van der Waals surface area contributed by atoms with E-state index < -0.39 is 5.97 Å². The second kappa shape index (κ2) is 5.15. The summed E-state index contributed by atoms with van der Waals surface area (Å²) in [5.74, 6) is -0.00248. The van der Waals surface area contributed by atoms with Crippen LogP contribution in [0.2, 0.25) is 0 Å². The number of fused-ring (bicyclic) bond motifs is 1. The molecule has 1 N–H and O–H groups in total. The first-order valence-electron chi connectivity index (χ1n) is 7.39. The molecule has 3 rings (SSSR count). The van der Waals surface area contributed by atoms with Crippen LogP contribution in [0.4, 0.5) is 0 Å². The lowest BCUT2D eigenvalue weighted by atomic mass is 10.0. The minimum Gasteiger partial charge on any atom is -0.478 e. The van der Waals surface area contributed by atoms with E-state index >= 15 is 0 Å². The summed E-state index contributed by atoms with van der Waals surface area (Å²) in [6.07, 6.45) is 2.81. The van der Waals surface area contributed by atoms with E-state index in [9.17, 15) is 9.90 Å². The lowest BCUT2D eigenvalue weighted by Gasteiger charge is -2.25. The first-order valence-corrected chi connectivity index (χ1v) is 7.39. The Balaban J connectivity index is 2.16. The molecule has 1 fully saturated rings. The minimum absolute atomic E-state index is 0.233. The Bertz CT molecular complexity index is 684. The van der Waals surface area contributed by atoms with Crippen molar-refractivity contribution in [1.29, 1.82) is 0 Å². The van der Waals surface area contributed by atoms with Crippen molar-refractivity contribution >= 4 is 17.0 Å². The van der Waals surface area contributed by atoms with E-state index in [1.54, 1.807) is 12.1 Å². The van der Waals surface area contributed by atoms with Gasteiger partial charge in [0.2, 0.25) is 0 Å². The van der Waals surface area contributed by atoms with Crippen LogP contribution in [0, 0.1) is 0 Å². The van der Waals surface area contributed by atoms with Gasteiger partial charge in [-0.3, -0.25) is 0 Å². The molecule has 112 valence electrons. The quantitative estimate of drug-likeness (QED) is 0.939. The molecule has 0 spiro atoms. The lowest BCUT2D eigenvalue weighted by molar-refractivity contribution is 0.00646. The van der Waals surface area contributed by atoms with E-state index in [-0.39, 0.29) is 5.60 Å². The Kier molecular flexibility index (Phi) is 3.45. The normalized spacial score (nSPS) is 22.0. The second-order valence-corrected chi connectivity index (χ2v) is 5.85. The van der Waals surface area contributed by atoms with Crippen LogP contribution in [-0.4, -0.2) is 32.8 Å². The second-order valence-electron chi connectivity index (χ2n) is 5.85. The highest BCUT2D eigenvalue weighted by atomic mass is 16.5. The van der Waals surface area contributed by atoms with Gasteiger partial charge in [-0.1, -0.05) is 13.0 Å². The van der Waals surface area contributed by atoms with Gasteiger partial charge >= 0.3 is 5.97 Å². The van der Waals surface area contributed by atoms with Crippen LogP contribution < -0.4 is 0 Å². The van der Waals surface area contributed by atoms with E-state index in [2.05, 4.69) is 11.9 Å². The fourth-order valence-corrected chi connectivity index (χ4v) is 3.14. The van der Waals surface area contributed by atoms with Crippen molar-refractivity contribution in [3.8, 4) is 0 Å². The number of hydrogen-bond acceptors (Lipinski definition) is 3. The highest BCUT2D eigenvalue weighted by Crippen LogP contribution is 2.30. The molecular formula is C16H20N2O3. The largest absolute Gasteiger partial charge is 0.478 e. The molecule has 1 aliphatic rings. The zero-order valence-electron chi connectivity index (χ0n) is 12.4. The van der Waals surface area contributed by atoms with Crippen LogP contribution in [0.3, 0.4) is 0 Å². The van der Waals surface area contributed by atoms with Crippen LogP contribution in [0.5, 0.6) is 0 Å². The fourth-order valence-electron chi connectivity index (χ4n) is 3.14. The number of imidazole rings is 1. The molecule has 5 heteroatoms. The highest BCUT2D eigenvalue weighted by Gasteiger charge is 2.32. The molecule has 1 saturated heterocycles. The van der Waals surface area contributed by atoms with Crippen molar-refractivity contribution in [2.75, 3.05) is 6.61 Å². The molecule has 0 bridgehead atoms. The lowest BCUT2D eigenvalue weighted by Crippen LogP contribution is -2.30. The van der Waals surface area contributed by atoms with Gasteiger partial charge in [0, 0.05) is 13.0 Å². The number of aromatic carboxylic acids is 1. The molecule has 1 aromatic heterocycles. The maximum Gasteiger partial charge on any atom is 0.337 e. The van der Waals surface area contributed by atoms with E-state index in [0.717, 1.165) is 37.2 Å². The van der Waals surface area contributed by atoms with Gasteiger partial charge in [-0.2, -0.15) is 0 Å². The number of hydrogen-bond donors (Lipinski definition) is 1. The zero-order valence-corrected chi connectivity index (χ0v) is 12.4. The van der Waals surface area contributed by atoms with E-state index in [4.69, 9.17) is 4.74 Å².